The summed E-state index contributed by atoms with van der Waals surface area (Å²) in [4.78, 5) is 0. The highest BCUT2D eigenvalue weighted by atomic mass is 14.2. The van der Waals surface area contributed by atoms with Gasteiger partial charge in [-0.05, 0) is 217 Å². The van der Waals surface area contributed by atoms with Crippen molar-refractivity contribution in [2.24, 2.45) is 0 Å². The summed E-state index contributed by atoms with van der Waals surface area (Å²) in [6.45, 7) is 9.22. The van der Waals surface area contributed by atoms with Crippen LogP contribution in [0.15, 0.2) is 206 Å². The van der Waals surface area contributed by atoms with Gasteiger partial charge in [-0.1, -0.05) is 198 Å². The lowest BCUT2D eigenvalue weighted by molar-refractivity contribution is 0.596. The second-order valence-electron chi connectivity index (χ2n) is 20.0. The molecule has 0 radical (unpaired) electrons. The molecule has 0 saturated carbocycles. The summed E-state index contributed by atoms with van der Waals surface area (Å²) < 4.78 is 0. The summed E-state index contributed by atoms with van der Waals surface area (Å²) in [5.74, 6) is 1.26. The first-order valence-corrected chi connectivity index (χ1v) is 26.0. The molecule has 0 heteroatoms. The van der Waals surface area contributed by atoms with E-state index in [1.54, 1.807) is 0 Å². The van der Waals surface area contributed by atoms with Gasteiger partial charge in [-0.2, -0.15) is 0 Å². The normalized spacial score (nSPS) is 12.8. The molecule has 0 heterocycles. The summed E-state index contributed by atoms with van der Waals surface area (Å²) in [6, 6.07) is 79.1. The number of hydrogen-bond acceptors (Lipinski definition) is 0. The average Bonchev–Trinajstić information content (AvgIpc) is 3.42. The Balaban J connectivity index is 0.933. The van der Waals surface area contributed by atoms with E-state index < -0.39 is 0 Å². The number of benzene rings is 12. The third kappa shape index (κ3) is 7.90. The zero-order valence-corrected chi connectivity index (χ0v) is 41.0. The van der Waals surface area contributed by atoms with Crippen molar-refractivity contribution in [2.75, 3.05) is 0 Å². The van der Waals surface area contributed by atoms with E-state index >= 15 is 0 Å². The highest BCUT2D eigenvalue weighted by Gasteiger charge is 2.17. The maximum atomic E-state index is 2.45. The Hall–Kier alpha value is -7.54. The van der Waals surface area contributed by atoms with Crippen molar-refractivity contribution in [1.29, 1.82) is 0 Å². The fourth-order valence-electron chi connectivity index (χ4n) is 12.0. The minimum Gasteiger partial charge on any atom is -0.0654 e. The Morgan fingerprint density at radius 3 is 1.00 bits per heavy atom. The molecule has 0 aliphatic carbocycles. The van der Waals surface area contributed by atoms with Crippen molar-refractivity contribution >= 4 is 75.4 Å². The first-order chi connectivity index (χ1) is 34.5. The molecule has 2 atom stereocenters. The van der Waals surface area contributed by atoms with Crippen molar-refractivity contribution in [3.63, 3.8) is 0 Å². The van der Waals surface area contributed by atoms with E-state index in [1.807, 2.05) is 0 Å². The molecule has 12 aromatic carbocycles. The molecule has 0 aliphatic heterocycles. The van der Waals surface area contributed by atoms with E-state index in [9.17, 15) is 0 Å². The summed E-state index contributed by atoms with van der Waals surface area (Å²) in [6.07, 6.45) is 7.29. The van der Waals surface area contributed by atoms with E-state index in [-0.39, 0.29) is 0 Å². The summed E-state index contributed by atoms with van der Waals surface area (Å²) in [7, 11) is 0. The predicted molar refractivity (Wildman–Crippen MR) is 307 cm³/mol. The van der Waals surface area contributed by atoms with Crippen LogP contribution in [-0.2, 0) is 0 Å². The van der Waals surface area contributed by atoms with E-state index in [0.29, 0.717) is 11.8 Å². The van der Waals surface area contributed by atoms with Crippen LogP contribution in [0.5, 0.6) is 0 Å². The molecule has 0 aromatic heterocycles. The van der Waals surface area contributed by atoms with Gasteiger partial charge >= 0.3 is 0 Å². The summed E-state index contributed by atoms with van der Waals surface area (Å²) in [5, 5.41) is 17.9. The molecule has 2 unspecified atom stereocenters. The van der Waals surface area contributed by atoms with Crippen LogP contribution < -0.4 is 0 Å². The molecule has 0 saturated heterocycles. The topological polar surface area (TPSA) is 0 Å². The highest BCUT2D eigenvalue weighted by Crippen LogP contribution is 2.44. The number of fused-ring (bicyclic) bond motifs is 9. The van der Waals surface area contributed by atoms with Gasteiger partial charge in [-0.15, -0.1) is 0 Å². The molecule has 12 aromatic rings. The number of rotatable bonds is 12. The third-order valence-corrected chi connectivity index (χ3v) is 15.8. The van der Waals surface area contributed by atoms with Crippen molar-refractivity contribution in [3.05, 3.63) is 217 Å². The summed E-state index contributed by atoms with van der Waals surface area (Å²) >= 11 is 0. The smallest absolute Gasteiger partial charge is 0.00259 e. The third-order valence-electron chi connectivity index (χ3n) is 15.8. The highest BCUT2D eigenvalue weighted by molar-refractivity contribution is 6.26. The van der Waals surface area contributed by atoms with Crippen LogP contribution in [-0.4, -0.2) is 0 Å². The molecule has 0 nitrogen and oxygen atoms in total. The Morgan fingerprint density at radius 2 is 0.600 bits per heavy atom. The monoisotopic (exact) mass is 900 g/mol. The minimum absolute atomic E-state index is 0.629. The van der Waals surface area contributed by atoms with Gasteiger partial charge in [-0.25, -0.2) is 0 Å². The molecule has 0 bridgehead atoms. The average molecular weight is 901 g/mol. The maximum Gasteiger partial charge on any atom is -0.00259 e. The standard InChI is InChI=1S/C70H60/c1-5-13-45(7-3)49-25-27-53-37-55(31-29-51(53)35-49)57-23-19-47-21-33-59(41-61(47)39-57)68-43-63-44-69(65-16-10-12-18-67(65)70(63)66-17-11-9-15-64(66)68)60-34-22-48-20-24-58(40-62(48)42-60)56-32-30-52-36-50(26-28-54(52)38-56)46(8-4)14-6-2/h9-12,15-46H,5-8,13-14H2,1-4H3. The fourth-order valence-corrected chi connectivity index (χ4v) is 12.0. The van der Waals surface area contributed by atoms with E-state index in [2.05, 4.69) is 234 Å². The number of hydrogen-bond donors (Lipinski definition) is 0. The maximum absolute atomic E-state index is 2.45. The zero-order chi connectivity index (χ0) is 47.3. The molecular weight excluding hydrogens is 841 g/mol. The Kier molecular flexibility index (Phi) is 11.5. The van der Waals surface area contributed by atoms with Gasteiger partial charge in [0.1, 0.15) is 0 Å². The Labute approximate surface area is 413 Å². The lowest BCUT2D eigenvalue weighted by atomic mass is 9.87. The Bertz CT molecular complexity index is 3700. The van der Waals surface area contributed by atoms with Crippen LogP contribution in [0.2, 0.25) is 0 Å². The van der Waals surface area contributed by atoms with Gasteiger partial charge in [0.25, 0.3) is 0 Å². The Morgan fingerprint density at radius 1 is 0.271 bits per heavy atom. The summed E-state index contributed by atoms with van der Waals surface area (Å²) in [5.41, 5.74) is 12.9. The molecule has 0 amide bonds. The van der Waals surface area contributed by atoms with Crippen LogP contribution in [0, 0.1) is 0 Å². The van der Waals surface area contributed by atoms with Gasteiger partial charge in [0.05, 0.1) is 0 Å². The predicted octanol–water partition coefficient (Wildman–Crippen LogP) is 21.0. The molecule has 340 valence electrons. The quantitative estimate of drug-likeness (QED) is 0.107. The SMILES string of the molecule is CCCC(CC)c1ccc2cc(-c3ccc4ccc(-c5cc6cc(-c7ccc8ccc(-c9ccc%10cc(C(CC)CCC)ccc%10c9)cc8c7)c7ccccc7c6c6ccccc56)cc4c3)ccc2c1. The van der Waals surface area contributed by atoms with Crippen molar-refractivity contribution in [1.82, 2.24) is 0 Å². The fraction of sp³-hybridized carbons (Fsp3) is 0.171. The van der Waals surface area contributed by atoms with Gasteiger partial charge < -0.3 is 0 Å². The largest absolute Gasteiger partial charge is 0.0654 e. The molecule has 0 fully saturated rings. The van der Waals surface area contributed by atoms with Gasteiger partial charge in [0.2, 0.25) is 0 Å². The molecule has 0 aliphatic rings. The zero-order valence-electron chi connectivity index (χ0n) is 41.0. The van der Waals surface area contributed by atoms with Crippen molar-refractivity contribution in [3.8, 4) is 44.5 Å². The second kappa shape index (κ2) is 18.4. The van der Waals surface area contributed by atoms with Crippen LogP contribution in [0.3, 0.4) is 0 Å². The lowest BCUT2D eigenvalue weighted by Gasteiger charge is -2.17. The second-order valence-corrected chi connectivity index (χ2v) is 20.0. The van der Waals surface area contributed by atoms with Crippen LogP contribution >= 0.6 is 0 Å². The van der Waals surface area contributed by atoms with E-state index in [4.69, 9.17) is 0 Å². The van der Waals surface area contributed by atoms with E-state index in [0.717, 1.165) is 0 Å². The van der Waals surface area contributed by atoms with Crippen LogP contribution in [0.25, 0.3) is 120 Å². The lowest BCUT2D eigenvalue weighted by Crippen LogP contribution is -1.96. The minimum atomic E-state index is 0.629. The molecular formula is C70H60. The first kappa shape index (κ1) is 43.7. The van der Waals surface area contributed by atoms with Gasteiger partial charge in [-0.3, -0.25) is 0 Å². The first-order valence-electron chi connectivity index (χ1n) is 26.0. The van der Waals surface area contributed by atoms with Crippen molar-refractivity contribution in [2.45, 2.75) is 78.1 Å². The molecule has 0 spiro atoms. The molecule has 0 N–H and O–H groups in total. The van der Waals surface area contributed by atoms with Crippen molar-refractivity contribution < 1.29 is 0 Å². The molecule has 12 rings (SSSR count). The van der Waals surface area contributed by atoms with Gasteiger partial charge in [0.15, 0.2) is 0 Å². The van der Waals surface area contributed by atoms with Gasteiger partial charge in [0, 0.05) is 0 Å². The van der Waals surface area contributed by atoms with E-state index in [1.165, 1.54) is 170 Å². The van der Waals surface area contributed by atoms with Crippen LogP contribution in [0.4, 0.5) is 0 Å². The molecule has 70 heavy (non-hydrogen) atoms. The van der Waals surface area contributed by atoms with Crippen LogP contribution in [0.1, 0.15) is 89.2 Å².